The number of furan rings is 1. The molecule has 0 aliphatic heterocycles. The minimum Gasteiger partial charge on any atom is -0.497 e. The van der Waals surface area contributed by atoms with Crippen LogP contribution >= 0.6 is 0 Å². The van der Waals surface area contributed by atoms with E-state index in [1.165, 1.54) is 13.2 Å². The van der Waals surface area contributed by atoms with Crippen molar-refractivity contribution in [1.29, 1.82) is 0 Å². The number of esters is 1. The van der Waals surface area contributed by atoms with E-state index in [0.29, 0.717) is 11.3 Å². The fourth-order valence-corrected chi connectivity index (χ4v) is 2.49. The summed E-state index contributed by atoms with van der Waals surface area (Å²) < 4.78 is 15.6. The molecule has 0 spiro atoms. The molecule has 0 aliphatic rings. The fraction of sp³-hybridized carbons (Fsp3) is 0.200. The first kappa shape index (κ1) is 17.5. The molecule has 0 radical (unpaired) electrons. The molecule has 6 nitrogen and oxygen atoms in total. The Balaban J connectivity index is 1.63. The van der Waals surface area contributed by atoms with E-state index >= 15 is 0 Å². The maximum absolute atomic E-state index is 12.3. The molecule has 1 unspecified atom stereocenters. The summed E-state index contributed by atoms with van der Waals surface area (Å²) in [5.41, 5.74) is 0.383. The van der Waals surface area contributed by atoms with Crippen LogP contribution in [0.5, 0.6) is 5.75 Å². The summed E-state index contributed by atoms with van der Waals surface area (Å²) in [6.45, 7) is 1.77. The van der Waals surface area contributed by atoms with Gasteiger partial charge in [-0.1, -0.05) is 12.1 Å². The lowest BCUT2D eigenvalue weighted by Crippen LogP contribution is -2.35. The van der Waals surface area contributed by atoms with Gasteiger partial charge in [-0.05, 0) is 54.1 Å². The van der Waals surface area contributed by atoms with E-state index in [1.54, 1.807) is 31.4 Å². The SMILES string of the molecule is COc1ccc2cc(C(=O)OC(C)C(=O)NCc3ccco3)ccc2c1. The van der Waals surface area contributed by atoms with Crippen LogP contribution in [0.2, 0.25) is 0 Å². The Hall–Kier alpha value is -3.28. The van der Waals surface area contributed by atoms with Crippen LogP contribution in [0.25, 0.3) is 10.8 Å². The van der Waals surface area contributed by atoms with Crippen molar-refractivity contribution in [2.24, 2.45) is 0 Å². The van der Waals surface area contributed by atoms with Crippen molar-refractivity contribution in [3.63, 3.8) is 0 Å². The van der Waals surface area contributed by atoms with E-state index in [4.69, 9.17) is 13.9 Å². The number of methoxy groups -OCH3 is 1. The molecule has 1 amide bonds. The third-order valence-corrected chi connectivity index (χ3v) is 3.95. The van der Waals surface area contributed by atoms with Crippen LogP contribution < -0.4 is 10.1 Å². The molecule has 0 saturated carbocycles. The molecule has 0 bridgehead atoms. The lowest BCUT2D eigenvalue weighted by Gasteiger charge is -2.13. The van der Waals surface area contributed by atoms with Crippen LogP contribution in [-0.2, 0) is 16.1 Å². The van der Waals surface area contributed by atoms with Crippen LogP contribution in [0.4, 0.5) is 0 Å². The average molecular weight is 353 g/mol. The lowest BCUT2D eigenvalue weighted by atomic mass is 10.1. The number of amides is 1. The highest BCUT2D eigenvalue weighted by molar-refractivity contribution is 5.97. The second kappa shape index (κ2) is 7.74. The molecule has 26 heavy (non-hydrogen) atoms. The Morgan fingerprint density at radius 2 is 1.88 bits per heavy atom. The van der Waals surface area contributed by atoms with E-state index < -0.39 is 12.1 Å². The van der Waals surface area contributed by atoms with Crippen LogP contribution in [0.3, 0.4) is 0 Å². The predicted octanol–water partition coefficient (Wildman–Crippen LogP) is 3.30. The Bertz CT molecular complexity index is 917. The van der Waals surface area contributed by atoms with E-state index in [0.717, 1.165) is 16.5 Å². The molecule has 0 fully saturated rings. The van der Waals surface area contributed by atoms with Crippen molar-refractivity contribution >= 4 is 22.6 Å². The van der Waals surface area contributed by atoms with Gasteiger partial charge >= 0.3 is 5.97 Å². The normalized spacial score (nSPS) is 11.8. The summed E-state index contributed by atoms with van der Waals surface area (Å²) in [7, 11) is 1.60. The summed E-state index contributed by atoms with van der Waals surface area (Å²) in [5, 5.41) is 4.49. The first-order valence-corrected chi connectivity index (χ1v) is 8.15. The second-order valence-corrected chi connectivity index (χ2v) is 5.77. The quantitative estimate of drug-likeness (QED) is 0.688. The zero-order valence-corrected chi connectivity index (χ0v) is 14.5. The lowest BCUT2D eigenvalue weighted by molar-refractivity contribution is -0.129. The van der Waals surface area contributed by atoms with Gasteiger partial charge in [-0.25, -0.2) is 4.79 Å². The monoisotopic (exact) mass is 353 g/mol. The molecule has 1 heterocycles. The van der Waals surface area contributed by atoms with Crippen LogP contribution in [-0.4, -0.2) is 25.1 Å². The fourth-order valence-electron chi connectivity index (χ4n) is 2.49. The van der Waals surface area contributed by atoms with Gasteiger partial charge in [0.15, 0.2) is 6.10 Å². The minimum absolute atomic E-state index is 0.242. The first-order valence-electron chi connectivity index (χ1n) is 8.15. The number of ether oxygens (including phenoxy) is 2. The van der Waals surface area contributed by atoms with Gasteiger partial charge in [-0.15, -0.1) is 0 Å². The van der Waals surface area contributed by atoms with Gasteiger partial charge in [0, 0.05) is 0 Å². The number of benzene rings is 2. The molecular weight excluding hydrogens is 334 g/mol. The first-order chi connectivity index (χ1) is 12.6. The average Bonchev–Trinajstić information content (AvgIpc) is 3.18. The van der Waals surface area contributed by atoms with Gasteiger partial charge in [-0.2, -0.15) is 0 Å². The zero-order chi connectivity index (χ0) is 18.5. The summed E-state index contributed by atoms with van der Waals surface area (Å²) in [4.78, 5) is 24.4. The summed E-state index contributed by atoms with van der Waals surface area (Å²) in [5.74, 6) is 0.431. The van der Waals surface area contributed by atoms with Crippen LogP contribution in [0.1, 0.15) is 23.0 Å². The third kappa shape index (κ3) is 4.03. The molecule has 134 valence electrons. The molecule has 6 heteroatoms. The van der Waals surface area contributed by atoms with Crippen molar-refractivity contribution < 1.29 is 23.5 Å². The number of hydrogen-bond acceptors (Lipinski definition) is 5. The van der Waals surface area contributed by atoms with E-state index in [-0.39, 0.29) is 12.5 Å². The third-order valence-electron chi connectivity index (χ3n) is 3.95. The highest BCUT2D eigenvalue weighted by atomic mass is 16.5. The highest BCUT2D eigenvalue weighted by Gasteiger charge is 2.19. The van der Waals surface area contributed by atoms with Crippen molar-refractivity contribution in [1.82, 2.24) is 5.32 Å². The molecular formula is C20H19NO5. The molecule has 3 rings (SSSR count). The number of carbonyl (C=O) groups is 2. The smallest absolute Gasteiger partial charge is 0.338 e. The van der Waals surface area contributed by atoms with Gasteiger partial charge < -0.3 is 19.2 Å². The molecule has 0 saturated heterocycles. The Morgan fingerprint density at radius 1 is 1.12 bits per heavy atom. The summed E-state index contributed by atoms with van der Waals surface area (Å²) >= 11 is 0. The highest BCUT2D eigenvalue weighted by Crippen LogP contribution is 2.22. The molecule has 1 N–H and O–H groups in total. The maximum atomic E-state index is 12.3. The zero-order valence-electron chi connectivity index (χ0n) is 14.5. The molecule has 1 atom stereocenters. The standard InChI is InChI=1S/C20H19NO5/c1-13(19(22)21-12-18-4-3-9-25-18)26-20(23)16-6-5-15-11-17(24-2)8-7-14(15)10-16/h3-11,13H,12H2,1-2H3,(H,21,22). The van der Waals surface area contributed by atoms with Gasteiger partial charge in [-0.3, -0.25) is 4.79 Å². The number of rotatable bonds is 6. The Kier molecular flexibility index (Phi) is 5.22. The minimum atomic E-state index is -0.913. The van der Waals surface area contributed by atoms with E-state index in [9.17, 15) is 9.59 Å². The van der Waals surface area contributed by atoms with E-state index in [1.807, 2.05) is 24.3 Å². The molecule has 1 aromatic heterocycles. The Morgan fingerprint density at radius 3 is 2.62 bits per heavy atom. The number of carbonyl (C=O) groups excluding carboxylic acids is 2. The van der Waals surface area contributed by atoms with Gasteiger partial charge in [0.25, 0.3) is 5.91 Å². The van der Waals surface area contributed by atoms with Gasteiger partial charge in [0.05, 0.1) is 25.5 Å². The molecule has 3 aromatic rings. The van der Waals surface area contributed by atoms with E-state index in [2.05, 4.69) is 5.32 Å². The van der Waals surface area contributed by atoms with Crippen LogP contribution in [0, 0.1) is 0 Å². The topological polar surface area (TPSA) is 77.8 Å². The number of fused-ring (bicyclic) bond motifs is 1. The molecule has 0 aliphatic carbocycles. The van der Waals surface area contributed by atoms with Gasteiger partial charge in [0.2, 0.25) is 0 Å². The molecule has 2 aromatic carbocycles. The second-order valence-electron chi connectivity index (χ2n) is 5.77. The van der Waals surface area contributed by atoms with Gasteiger partial charge in [0.1, 0.15) is 11.5 Å². The maximum Gasteiger partial charge on any atom is 0.338 e. The van der Waals surface area contributed by atoms with Crippen molar-refractivity contribution in [3.05, 3.63) is 66.1 Å². The predicted molar refractivity (Wildman–Crippen MR) is 95.9 cm³/mol. The van der Waals surface area contributed by atoms with Crippen LogP contribution in [0.15, 0.2) is 59.2 Å². The number of nitrogens with one attached hydrogen (secondary N) is 1. The summed E-state index contributed by atoms with van der Waals surface area (Å²) in [6.07, 6.45) is 0.615. The largest absolute Gasteiger partial charge is 0.497 e. The number of hydrogen-bond donors (Lipinski definition) is 1. The summed E-state index contributed by atoms with van der Waals surface area (Å²) in [6, 6.07) is 14.3. The Labute approximate surface area is 150 Å². The van der Waals surface area contributed by atoms with Crippen molar-refractivity contribution in [2.45, 2.75) is 19.6 Å². The van der Waals surface area contributed by atoms with Crippen molar-refractivity contribution in [2.75, 3.05) is 7.11 Å². The van der Waals surface area contributed by atoms with Crippen molar-refractivity contribution in [3.8, 4) is 5.75 Å².